The van der Waals surface area contributed by atoms with Crippen molar-refractivity contribution in [3.05, 3.63) is 0 Å². The van der Waals surface area contributed by atoms with Gasteiger partial charge in [-0.2, -0.15) is 0 Å². The van der Waals surface area contributed by atoms with E-state index >= 15 is 0 Å². The van der Waals surface area contributed by atoms with Crippen molar-refractivity contribution in [2.75, 3.05) is 0 Å². The monoisotopic (exact) mass is 320 g/mol. The first-order chi connectivity index (χ1) is 9.54. The summed E-state index contributed by atoms with van der Waals surface area (Å²) in [4.78, 5) is 28.7. The minimum atomic E-state index is -1.40. The molecule has 22 heavy (non-hydrogen) atoms. The van der Waals surface area contributed by atoms with Gasteiger partial charge >= 0.3 is 8.41 Å². The molecular weight excluding hydrogens is 299 g/mol. The third-order valence-electron chi connectivity index (χ3n) is 1.98. The Balaban J connectivity index is -0.000000108. The van der Waals surface area contributed by atoms with E-state index in [-0.39, 0.29) is 27.7 Å². The number of carboxylic acids is 3. The van der Waals surface area contributed by atoms with E-state index in [2.05, 4.69) is 0 Å². The molecule has 0 aliphatic heterocycles. The molecule has 0 spiro atoms. The zero-order valence-electron chi connectivity index (χ0n) is 12.7. The van der Waals surface area contributed by atoms with E-state index in [1.165, 1.54) is 0 Å². The van der Waals surface area contributed by atoms with Gasteiger partial charge in [-0.3, -0.25) is 0 Å². The fraction of sp³-hybridized carbons (Fsp3) is 0.750. The van der Waals surface area contributed by atoms with Crippen LogP contribution in [-0.4, -0.2) is 60.0 Å². The van der Waals surface area contributed by atoms with Gasteiger partial charge in [0.05, 0.1) is 36.2 Å². The zero-order valence-corrected chi connectivity index (χ0v) is 12.7. The van der Waals surface area contributed by atoms with Crippen LogP contribution in [0.15, 0.2) is 0 Å². The van der Waals surface area contributed by atoms with E-state index in [0.717, 1.165) is 0 Å². The van der Waals surface area contributed by atoms with Crippen molar-refractivity contribution in [1.82, 2.24) is 0 Å². The van der Waals surface area contributed by atoms with Crippen molar-refractivity contribution < 1.29 is 45.0 Å². The van der Waals surface area contributed by atoms with Gasteiger partial charge < -0.3 is 45.0 Å². The van der Waals surface area contributed by atoms with Crippen LogP contribution in [0.3, 0.4) is 0 Å². The van der Waals surface area contributed by atoms with E-state index < -0.39 is 36.2 Å². The summed E-state index contributed by atoms with van der Waals surface area (Å²) in [5.74, 6) is -4.20. The molecular formula is C12H21BO9. The number of hydrogen-bond acceptors (Lipinski definition) is 9. The van der Waals surface area contributed by atoms with E-state index in [0.29, 0.717) is 0 Å². The molecule has 0 aliphatic rings. The first-order valence-electron chi connectivity index (χ1n) is 6.21. The van der Waals surface area contributed by atoms with Crippen molar-refractivity contribution in [2.45, 2.75) is 58.3 Å². The molecule has 0 heterocycles. The van der Waals surface area contributed by atoms with Gasteiger partial charge in [-0.05, 0) is 19.3 Å². The smallest absolute Gasteiger partial charge is 0.547 e. The van der Waals surface area contributed by atoms with Crippen molar-refractivity contribution in [3.63, 3.8) is 0 Å². The third kappa shape index (κ3) is 20.7. The Bertz CT molecular complexity index is 261. The van der Waals surface area contributed by atoms with Crippen LogP contribution >= 0.6 is 0 Å². The molecule has 0 aromatic carbocycles. The summed E-state index contributed by atoms with van der Waals surface area (Å²) in [5, 5.41) is 53.5. The molecule has 9 nitrogen and oxygen atoms in total. The Morgan fingerprint density at radius 1 is 0.682 bits per heavy atom. The topological polar surface area (TPSA) is 181 Å². The number of aliphatic carboxylic acids is 3. The summed E-state index contributed by atoms with van der Waals surface area (Å²) >= 11 is 0. The Hall–Kier alpha value is -1.65. The number of rotatable bonds is 6. The number of aliphatic hydroxyl groups excluding tert-OH is 3. The fourth-order valence-electron chi connectivity index (χ4n) is 0.500. The summed E-state index contributed by atoms with van der Waals surface area (Å²) in [6.07, 6.45) is -3.24. The molecule has 3 unspecified atom stereocenters. The van der Waals surface area contributed by atoms with Crippen LogP contribution < -0.4 is 15.3 Å². The van der Waals surface area contributed by atoms with Gasteiger partial charge in [0.2, 0.25) is 0 Å². The van der Waals surface area contributed by atoms with Gasteiger partial charge in [-0.25, -0.2) is 0 Å². The zero-order chi connectivity index (χ0) is 17.6. The normalized spacial score (nSPS) is 12.8. The van der Waals surface area contributed by atoms with Gasteiger partial charge in [-0.1, -0.05) is 20.8 Å². The molecule has 0 radical (unpaired) electrons. The Kier molecular flexibility index (Phi) is 22.6. The van der Waals surface area contributed by atoms with E-state index in [1.54, 1.807) is 20.8 Å². The van der Waals surface area contributed by atoms with Crippen LogP contribution in [0.1, 0.15) is 40.0 Å². The maximum absolute atomic E-state index is 9.57. The van der Waals surface area contributed by atoms with Crippen LogP contribution in [0.2, 0.25) is 0 Å². The molecule has 0 fully saturated rings. The summed E-state index contributed by atoms with van der Waals surface area (Å²) in [6.45, 7) is 4.71. The SMILES string of the molecule is CCC(O)C(=O)[O-].CCC(O)C(=O)[O-].CCC(O)C(=O)[O-].[B+3]. The standard InChI is InChI=1S/3C4H8O3.B/c3*1-2-3(5)4(6)7;/h3*3,5H,2H2,1H3,(H,6,7);/q;;;+3/p-3. The molecule has 0 aliphatic carbocycles. The minimum absolute atomic E-state index is 0. The maximum Gasteiger partial charge on any atom is 3.00 e. The number of aliphatic hydroxyl groups is 3. The van der Waals surface area contributed by atoms with Crippen LogP contribution in [-0.2, 0) is 14.4 Å². The minimum Gasteiger partial charge on any atom is -0.547 e. The quantitative estimate of drug-likeness (QED) is 0.404. The van der Waals surface area contributed by atoms with E-state index in [1.807, 2.05) is 0 Å². The molecule has 0 rings (SSSR count). The molecule has 0 saturated heterocycles. The third-order valence-corrected chi connectivity index (χ3v) is 1.98. The predicted molar refractivity (Wildman–Crippen MR) is 69.7 cm³/mol. The molecule has 10 heteroatoms. The van der Waals surface area contributed by atoms with Crippen LogP contribution in [0.4, 0.5) is 0 Å². The molecule has 0 bridgehead atoms. The van der Waals surface area contributed by atoms with Crippen LogP contribution in [0, 0.1) is 0 Å². The van der Waals surface area contributed by atoms with E-state index in [9.17, 15) is 29.7 Å². The fourth-order valence-corrected chi connectivity index (χ4v) is 0.500. The van der Waals surface area contributed by atoms with Gasteiger partial charge in [0.15, 0.2) is 0 Å². The average molecular weight is 320 g/mol. The van der Waals surface area contributed by atoms with E-state index in [4.69, 9.17) is 15.3 Å². The number of hydrogen-bond donors (Lipinski definition) is 3. The summed E-state index contributed by atoms with van der Waals surface area (Å²) < 4.78 is 0. The summed E-state index contributed by atoms with van der Waals surface area (Å²) in [6, 6.07) is 0. The first kappa shape index (κ1) is 28.5. The molecule has 0 saturated carbocycles. The van der Waals surface area contributed by atoms with Crippen molar-refractivity contribution in [1.29, 1.82) is 0 Å². The molecule has 0 aromatic rings. The molecule has 0 amide bonds. The Morgan fingerprint density at radius 3 is 0.818 bits per heavy atom. The molecule has 0 aromatic heterocycles. The van der Waals surface area contributed by atoms with Crippen molar-refractivity contribution >= 4 is 26.3 Å². The maximum atomic E-state index is 9.57. The molecule has 3 N–H and O–H groups in total. The van der Waals surface area contributed by atoms with Gasteiger partial charge in [0.25, 0.3) is 0 Å². The second-order valence-corrected chi connectivity index (χ2v) is 3.73. The predicted octanol–water partition coefficient (Wildman–Crippen LogP) is -4.86. The number of carbonyl (C=O) groups excluding carboxylic acids is 3. The summed E-state index contributed by atoms with van der Waals surface area (Å²) in [7, 11) is 0. The van der Waals surface area contributed by atoms with Crippen LogP contribution in [0.5, 0.6) is 0 Å². The largest absolute Gasteiger partial charge is 3.00 e. The van der Waals surface area contributed by atoms with Gasteiger partial charge in [0.1, 0.15) is 0 Å². The number of carbonyl (C=O) groups is 3. The van der Waals surface area contributed by atoms with Crippen molar-refractivity contribution in [3.8, 4) is 0 Å². The molecule has 3 atom stereocenters. The molecule has 126 valence electrons. The Morgan fingerprint density at radius 2 is 0.818 bits per heavy atom. The average Bonchev–Trinajstić information content (AvgIpc) is 2.45. The second kappa shape index (κ2) is 17.4. The summed E-state index contributed by atoms with van der Waals surface area (Å²) in [5.41, 5.74) is 0. The van der Waals surface area contributed by atoms with Crippen LogP contribution in [0.25, 0.3) is 0 Å². The van der Waals surface area contributed by atoms with Crippen molar-refractivity contribution in [2.24, 2.45) is 0 Å². The number of carboxylic acid groups (broad SMARTS) is 3. The van der Waals surface area contributed by atoms with Gasteiger partial charge in [-0.15, -0.1) is 0 Å². The second-order valence-electron chi connectivity index (χ2n) is 3.73. The first-order valence-corrected chi connectivity index (χ1v) is 6.21. The Labute approximate surface area is 130 Å². The van der Waals surface area contributed by atoms with Gasteiger partial charge in [0, 0.05) is 0 Å².